The number of anilines is 1. The van der Waals surface area contributed by atoms with Crippen LogP contribution in [0.3, 0.4) is 0 Å². The van der Waals surface area contributed by atoms with Crippen LogP contribution < -0.4 is 4.90 Å². The van der Waals surface area contributed by atoms with Gasteiger partial charge in [-0.15, -0.1) is 0 Å². The average Bonchev–Trinajstić information content (AvgIpc) is 3.18. The van der Waals surface area contributed by atoms with Gasteiger partial charge in [0.2, 0.25) is 0 Å². The van der Waals surface area contributed by atoms with Gasteiger partial charge in [0, 0.05) is 26.1 Å². The lowest BCUT2D eigenvalue weighted by Gasteiger charge is -2.15. The van der Waals surface area contributed by atoms with Gasteiger partial charge in [-0.25, -0.2) is 14.1 Å². The maximum atomic E-state index is 14.0. The zero-order valence-corrected chi connectivity index (χ0v) is 13.4. The molecule has 0 unspecified atom stereocenters. The number of nitrogens with zero attached hydrogens (tertiary/aromatic N) is 4. The normalized spacial score (nSPS) is 18.5. The van der Waals surface area contributed by atoms with E-state index in [1.165, 1.54) is 0 Å². The highest BCUT2D eigenvalue weighted by molar-refractivity contribution is 7.22. The van der Waals surface area contributed by atoms with Crippen LogP contribution in [0.4, 0.5) is 9.52 Å². The summed E-state index contributed by atoms with van der Waals surface area (Å²) >= 11 is 1.68. The molecule has 114 valence electrons. The lowest BCUT2D eigenvalue weighted by atomic mass is 9.98. The fourth-order valence-electron chi connectivity index (χ4n) is 3.20. The molecule has 22 heavy (non-hydrogen) atoms. The van der Waals surface area contributed by atoms with E-state index in [9.17, 15) is 4.39 Å². The quantitative estimate of drug-likeness (QED) is 0.726. The van der Waals surface area contributed by atoms with E-state index >= 15 is 0 Å². The number of aryl methyl sites for hydroxylation is 2. The third kappa shape index (κ3) is 2.09. The van der Waals surface area contributed by atoms with Gasteiger partial charge in [-0.1, -0.05) is 29.5 Å². The second-order valence-electron chi connectivity index (χ2n) is 5.81. The van der Waals surface area contributed by atoms with Crippen molar-refractivity contribution in [3.63, 3.8) is 0 Å². The topological polar surface area (TPSA) is 34.0 Å². The van der Waals surface area contributed by atoms with Gasteiger partial charge in [0.1, 0.15) is 5.82 Å². The molecule has 0 spiro atoms. The minimum atomic E-state index is -0.0984. The molecule has 1 atom stereocenters. The molecule has 0 aliphatic carbocycles. The van der Waals surface area contributed by atoms with E-state index in [2.05, 4.69) is 10.00 Å². The number of hydrogen-bond donors (Lipinski definition) is 0. The molecule has 0 N–H and O–H groups in total. The Kier molecular flexibility index (Phi) is 3.14. The predicted octanol–water partition coefficient (Wildman–Crippen LogP) is 3.47. The van der Waals surface area contributed by atoms with Crippen LogP contribution in [0.15, 0.2) is 24.3 Å². The monoisotopic (exact) mass is 316 g/mol. The minimum Gasteiger partial charge on any atom is -0.347 e. The molecule has 0 saturated carbocycles. The van der Waals surface area contributed by atoms with Crippen LogP contribution in [0.2, 0.25) is 0 Å². The number of benzene rings is 1. The average molecular weight is 316 g/mol. The molecule has 1 aliphatic heterocycles. The van der Waals surface area contributed by atoms with Gasteiger partial charge in [-0.3, -0.25) is 0 Å². The van der Waals surface area contributed by atoms with Crippen LogP contribution in [0.25, 0.3) is 10.3 Å². The van der Waals surface area contributed by atoms with Gasteiger partial charge >= 0.3 is 0 Å². The summed E-state index contributed by atoms with van der Waals surface area (Å²) in [6, 6.07) is 7.10. The predicted molar refractivity (Wildman–Crippen MR) is 87.1 cm³/mol. The highest BCUT2D eigenvalue weighted by Crippen LogP contribution is 2.36. The molecule has 0 bridgehead atoms. The largest absolute Gasteiger partial charge is 0.347 e. The first-order valence-corrected chi connectivity index (χ1v) is 8.24. The van der Waals surface area contributed by atoms with Crippen molar-refractivity contribution in [3.05, 3.63) is 41.3 Å². The summed E-state index contributed by atoms with van der Waals surface area (Å²) in [4.78, 5) is 6.98. The van der Waals surface area contributed by atoms with Crippen LogP contribution in [-0.2, 0) is 7.05 Å². The van der Waals surface area contributed by atoms with Crippen molar-refractivity contribution in [3.8, 4) is 0 Å². The standard InChI is InChI=1S/C16H17FN4S/c1-10-14-15(20(2)19-10)18-16(22-14)21-8-7-11(9-21)12-5-3-4-6-13(12)17/h3-6,11H,7-9H2,1-2H3/t11-/m0/s1. The molecule has 2 aromatic heterocycles. The molecule has 1 aliphatic rings. The fourth-order valence-corrected chi connectivity index (χ4v) is 4.27. The maximum absolute atomic E-state index is 14.0. The van der Waals surface area contributed by atoms with Crippen molar-refractivity contribution in [1.82, 2.24) is 14.8 Å². The SMILES string of the molecule is Cc1nn(C)c2nc(N3CC[C@H](c4ccccc4F)C3)sc12. The molecule has 1 aromatic carbocycles. The number of rotatable bonds is 2. The molecule has 1 fully saturated rings. The van der Waals surface area contributed by atoms with E-state index in [-0.39, 0.29) is 11.7 Å². The van der Waals surface area contributed by atoms with Gasteiger partial charge in [0.05, 0.1) is 10.4 Å². The van der Waals surface area contributed by atoms with E-state index in [1.54, 1.807) is 23.5 Å². The summed E-state index contributed by atoms with van der Waals surface area (Å²) in [6.07, 6.45) is 0.966. The second-order valence-corrected chi connectivity index (χ2v) is 6.79. The van der Waals surface area contributed by atoms with Crippen LogP contribution in [0, 0.1) is 12.7 Å². The van der Waals surface area contributed by atoms with Gasteiger partial charge in [0.25, 0.3) is 0 Å². The molecular formula is C16H17FN4S. The summed E-state index contributed by atoms with van der Waals surface area (Å²) in [5, 5.41) is 5.41. The Morgan fingerprint density at radius 3 is 2.91 bits per heavy atom. The molecule has 4 nitrogen and oxygen atoms in total. The van der Waals surface area contributed by atoms with Crippen molar-refractivity contribution >= 4 is 26.8 Å². The Bertz CT molecular complexity index is 803. The number of hydrogen-bond acceptors (Lipinski definition) is 4. The summed E-state index contributed by atoms with van der Waals surface area (Å²) in [7, 11) is 1.92. The van der Waals surface area contributed by atoms with E-state index in [0.717, 1.165) is 46.2 Å². The second kappa shape index (κ2) is 5.05. The zero-order chi connectivity index (χ0) is 15.3. The summed E-state index contributed by atoms with van der Waals surface area (Å²) in [5.41, 5.74) is 2.78. The third-order valence-corrected chi connectivity index (χ3v) is 5.55. The van der Waals surface area contributed by atoms with Crippen LogP contribution >= 0.6 is 11.3 Å². The van der Waals surface area contributed by atoms with Gasteiger partial charge in [-0.2, -0.15) is 5.10 Å². The van der Waals surface area contributed by atoms with Crippen LogP contribution in [-0.4, -0.2) is 27.9 Å². The fraction of sp³-hybridized carbons (Fsp3) is 0.375. The molecular weight excluding hydrogens is 299 g/mol. The number of aromatic nitrogens is 3. The van der Waals surface area contributed by atoms with Gasteiger partial charge in [0.15, 0.2) is 10.8 Å². The minimum absolute atomic E-state index is 0.0984. The molecule has 1 saturated heterocycles. The molecule has 6 heteroatoms. The van der Waals surface area contributed by atoms with Crippen LogP contribution in [0.1, 0.15) is 23.6 Å². The van der Waals surface area contributed by atoms with E-state index < -0.39 is 0 Å². The summed E-state index contributed by atoms with van der Waals surface area (Å²) < 4.78 is 16.9. The van der Waals surface area contributed by atoms with Crippen molar-refractivity contribution in [2.24, 2.45) is 7.05 Å². The Labute approximate surface area is 132 Å². The van der Waals surface area contributed by atoms with Crippen molar-refractivity contribution in [2.45, 2.75) is 19.3 Å². The third-order valence-electron chi connectivity index (χ3n) is 4.34. The summed E-state index contributed by atoms with van der Waals surface area (Å²) in [6.45, 7) is 3.76. The molecule has 4 rings (SSSR count). The highest BCUT2D eigenvalue weighted by Gasteiger charge is 2.28. The lowest BCUT2D eigenvalue weighted by molar-refractivity contribution is 0.589. The summed E-state index contributed by atoms with van der Waals surface area (Å²) in [5.74, 6) is 0.145. The first-order valence-electron chi connectivity index (χ1n) is 7.43. The Hall–Kier alpha value is -1.95. The number of halogens is 1. The van der Waals surface area contributed by atoms with Crippen molar-refractivity contribution < 1.29 is 4.39 Å². The first-order chi connectivity index (χ1) is 10.6. The molecule has 3 aromatic rings. The van der Waals surface area contributed by atoms with Crippen molar-refractivity contribution in [2.75, 3.05) is 18.0 Å². The maximum Gasteiger partial charge on any atom is 0.188 e. The Morgan fingerprint density at radius 2 is 2.14 bits per heavy atom. The Morgan fingerprint density at radius 1 is 1.32 bits per heavy atom. The smallest absolute Gasteiger partial charge is 0.188 e. The Balaban J connectivity index is 1.62. The van der Waals surface area contributed by atoms with E-state index in [4.69, 9.17) is 4.98 Å². The highest BCUT2D eigenvalue weighted by atomic mass is 32.1. The number of fused-ring (bicyclic) bond motifs is 1. The zero-order valence-electron chi connectivity index (χ0n) is 12.6. The van der Waals surface area contributed by atoms with Gasteiger partial charge < -0.3 is 4.90 Å². The van der Waals surface area contributed by atoms with Crippen LogP contribution in [0.5, 0.6) is 0 Å². The molecule has 0 amide bonds. The lowest BCUT2D eigenvalue weighted by Crippen LogP contribution is -2.19. The number of thiazole rings is 1. The van der Waals surface area contributed by atoms with Crippen molar-refractivity contribution in [1.29, 1.82) is 0 Å². The first kappa shape index (κ1) is 13.7. The molecule has 3 heterocycles. The van der Waals surface area contributed by atoms with E-state index in [0.29, 0.717) is 0 Å². The molecule has 0 radical (unpaired) electrons. The van der Waals surface area contributed by atoms with Gasteiger partial charge in [-0.05, 0) is 25.0 Å². The van der Waals surface area contributed by atoms with E-state index in [1.807, 2.05) is 30.8 Å².